The summed E-state index contributed by atoms with van der Waals surface area (Å²) in [6, 6.07) is 0. The SMILES string of the molecule is CCN(CC)CCCCCCN(CC(C)O)CC(C)O. The van der Waals surface area contributed by atoms with Crippen molar-refractivity contribution in [1.82, 2.24) is 9.80 Å². The fourth-order valence-electron chi connectivity index (χ4n) is 2.57. The van der Waals surface area contributed by atoms with Crippen molar-refractivity contribution in [2.45, 2.75) is 65.6 Å². The lowest BCUT2D eigenvalue weighted by molar-refractivity contribution is 0.0825. The predicted molar refractivity (Wildman–Crippen MR) is 86.1 cm³/mol. The van der Waals surface area contributed by atoms with Crippen LogP contribution in [0.15, 0.2) is 0 Å². The molecule has 2 unspecified atom stereocenters. The van der Waals surface area contributed by atoms with Gasteiger partial charge in [0, 0.05) is 13.1 Å². The van der Waals surface area contributed by atoms with E-state index in [1.807, 2.05) is 0 Å². The molecule has 0 amide bonds. The van der Waals surface area contributed by atoms with Gasteiger partial charge in [0.05, 0.1) is 12.2 Å². The number of aliphatic hydroxyl groups excluding tert-OH is 2. The van der Waals surface area contributed by atoms with E-state index in [9.17, 15) is 10.2 Å². The van der Waals surface area contributed by atoms with Crippen LogP contribution in [0.3, 0.4) is 0 Å². The molecule has 0 aromatic rings. The number of hydrogen-bond donors (Lipinski definition) is 2. The highest BCUT2D eigenvalue weighted by Crippen LogP contribution is 2.05. The third-order valence-electron chi connectivity index (χ3n) is 3.64. The van der Waals surface area contributed by atoms with Crippen molar-refractivity contribution >= 4 is 0 Å². The standard InChI is InChI=1S/C16H36N2O2/c1-5-17(6-2)11-9-7-8-10-12-18(13-15(3)19)14-16(4)20/h15-16,19-20H,5-14H2,1-4H3. The summed E-state index contributed by atoms with van der Waals surface area (Å²) in [5.41, 5.74) is 0. The first kappa shape index (κ1) is 19.8. The van der Waals surface area contributed by atoms with Crippen LogP contribution in [0, 0.1) is 0 Å². The van der Waals surface area contributed by atoms with E-state index in [-0.39, 0.29) is 12.2 Å². The van der Waals surface area contributed by atoms with Crippen molar-refractivity contribution < 1.29 is 10.2 Å². The van der Waals surface area contributed by atoms with Crippen molar-refractivity contribution in [3.8, 4) is 0 Å². The average Bonchev–Trinajstić information content (AvgIpc) is 2.36. The van der Waals surface area contributed by atoms with Crippen LogP contribution in [0.4, 0.5) is 0 Å². The Morgan fingerprint density at radius 3 is 1.45 bits per heavy atom. The normalized spacial score (nSPS) is 15.0. The zero-order chi connectivity index (χ0) is 15.4. The predicted octanol–water partition coefficient (Wildman–Crippen LogP) is 1.95. The van der Waals surface area contributed by atoms with Gasteiger partial charge in [-0.3, -0.25) is 4.90 Å². The van der Waals surface area contributed by atoms with Gasteiger partial charge in [0.2, 0.25) is 0 Å². The Labute approximate surface area is 125 Å². The number of hydrogen-bond acceptors (Lipinski definition) is 4. The third-order valence-corrected chi connectivity index (χ3v) is 3.64. The second-order valence-corrected chi connectivity index (χ2v) is 5.90. The first-order valence-corrected chi connectivity index (χ1v) is 8.30. The Balaban J connectivity index is 3.67. The van der Waals surface area contributed by atoms with E-state index in [0.29, 0.717) is 13.1 Å². The molecule has 0 fully saturated rings. The molecule has 20 heavy (non-hydrogen) atoms. The van der Waals surface area contributed by atoms with E-state index >= 15 is 0 Å². The maximum atomic E-state index is 9.46. The van der Waals surface area contributed by atoms with Gasteiger partial charge in [0.1, 0.15) is 0 Å². The van der Waals surface area contributed by atoms with Gasteiger partial charge in [0.25, 0.3) is 0 Å². The summed E-state index contributed by atoms with van der Waals surface area (Å²) in [7, 11) is 0. The molecule has 0 heterocycles. The molecule has 2 atom stereocenters. The molecule has 0 bridgehead atoms. The van der Waals surface area contributed by atoms with Crippen LogP contribution in [0.5, 0.6) is 0 Å². The fourth-order valence-corrected chi connectivity index (χ4v) is 2.57. The van der Waals surface area contributed by atoms with Crippen molar-refractivity contribution in [2.24, 2.45) is 0 Å². The number of rotatable bonds is 13. The summed E-state index contributed by atoms with van der Waals surface area (Å²) in [5.74, 6) is 0. The van der Waals surface area contributed by atoms with E-state index in [4.69, 9.17) is 0 Å². The highest BCUT2D eigenvalue weighted by atomic mass is 16.3. The minimum absolute atomic E-state index is 0.323. The summed E-state index contributed by atoms with van der Waals surface area (Å²) in [6.45, 7) is 13.8. The van der Waals surface area contributed by atoms with E-state index < -0.39 is 0 Å². The lowest BCUT2D eigenvalue weighted by atomic mass is 10.1. The maximum Gasteiger partial charge on any atom is 0.0639 e. The first-order valence-electron chi connectivity index (χ1n) is 8.30. The summed E-state index contributed by atoms with van der Waals surface area (Å²) in [6.07, 6.45) is 4.28. The molecule has 0 spiro atoms. The van der Waals surface area contributed by atoms with E-state index in [1.165, 1.54) is 25.8 Å². The van der Waals surface area contributed by atoms with E-state index in [0.717, 1.165) is 26.1 Å². The van der Waals surface area contributed by atoms with Crippen LogP contribution < -0.4 is 0 Å². The number of unbranched alkanes of at least 4 members (excludes halogenated alkanes) is 3. The van der Waals surface area contributed by atoms with Gasteiger partial charge in [-0.1, -0.05) is 26.7 Å². The van der Waals surface area contributed by atoms with Crippen LogP contribution in [-0.2, 0) is 0 Å². The van der Waals surface area contributed by atoms with Crippen LogP contribution >= 0.6 is 0 Å². The highest BCUT2D eigenvalue weighted by molar-refractivity contribution is 4.65. The molecule has 2 N–H and O–H groups in total. The van der Waals surface area contributed by atoms with Gasteiger partial charge in [-0.25, -0.2) is 0 Å². The fraction of sp³-hybridized carbons (Fsp3) is 1.00. The quantitative estimate of drug-likeness (QED) is 0.509. The Bertz CT molecular complexity index is 197. The molecule has 0 aliphatic heterocycles. The zero-order valence-electron chi connectivity index (χ0n) is 14.0. The molecule has 0 saturated carbocycles. The van der Waals surface area contributed by atoms with Crippen molar-refractivity contribution in [3.05, 3.63) is 0 Å². The smallest absolute Gasteiger partial charge is 0.0639 e. The van der Waals surface area contributed by atoms with Gasteiger partial charge < -0.3 is 15.1 Å². The molecule has 0 saturated heterocycles. The van der Waals surface area contributed by atoms with Crippen LogP contribution in [0.25, 0.3) is 0 Å². The van der Waals surface area contributed by atoms with Crippen molar-refractivity contribution in [1.29, 1.82) is 0 Å². The maximum absolute atomic E-state index is 9.46. The van der Waals surface area contributed by atoms with E-state index in [1.54, 1.807) is 13.8 Å². The van der Waals surface area contributed by atoms with Gasteiger partial charge in [-0.15, -0.1) is 0 Å². The zero-order valence-corrected chi connectivity index (χ0v) is 14.0. The lowest BCUT2D eigenvalue weighted by Gasteiger charge is -2.25. The Morgan fingerprint density at radius 2 is 1.10 bits per heavy atom. The molecule has 0 radical (unpaired) electrons. The minimum Gasteiger partial charge on any atom is -0.392 e. The Kier molecular flexibility index (Phi) is 12.5. The van der Waals surface area contributed by atoms with Crippen molar-refractivity contribution in [3.63, 3.8) is 0 Å². The molecule has 4 nitrogen and oxygen atoms in total. The first-order chi connectivity index (χ1) is 9.49. The highest BCUT2D eigenvalue weighted by Gasteiger charge is 2.10. The van der Waals surface area contributed by atoms with Crippen molar-refractivity contribution in [2.75, 3.05) is 39.3 Å². The van der Waals surface area contributed by atoms with E-state index in [2.05, 4.69) is 23.6 Å². The van der Waals surface area contributed by atoms with Crippen LogP contribution in [-0.4, -0.2) is 71.5 Å². The summed E-state index contributed by atoms with van der Waals surface area (Å²) >= 11 is 0. The molecule has 122 valence electrons. The van der Waals surface area contributed by atoms with Crippen LogP contribution in [0.1, 0.15) is 53.4 Å². The third kappa shape index (κ3) is 11.6. The molecule has 4 heteroatoms. The number of aliphatic hydroxyl groups is 2. The second-order valence-electron chi connectivity index (χ2n) is 5.90. The average molecular weight is 288 g/mol. The monoisotopic (exact) mass is 288 g/mol. The topological polar surface area (TPSA) is 46.9 Å². The Hall–Kier alpha value is -0.160. The molecule has 0 rings (SSSR count). The summed E-state index contributed by atoms with van der Waals surface area (Å²) < 4.78 is 0. The minimum atomic E-state index is -0.323. The molecule has 0 aromatic heterocycles. The van der Waals surface area contributed by atoms with Gasteiger partial charge in [0.15, 0.2) is 0 Å². The summed E-state index contributed by atoms with van der Waals surface area (Å²) in [5, 5.41) is 18.9. The second kappa shape index (κ2) is 12.6. The molecule has 0 aliphatic carbocycles. The Morgan fingerprint density at radius 1 is 0.700 bits per heavy atom. The number of nitrogens with zero attached hydrogens (tertiary/aromatic N) is 2. The van der Waals surface area contributed by atoms with Gasteiger partial charge in [-0.05, 0) is 52.9 Å². The van der Waals surface area contributed by atoms with Gasteiger partial charge >= 0.3 is 0 Å². The lowest BCUT2D eigenvalue weighted by Crippen LogP contribution is -2.37. The molecule has 0 aliphatic rings. The molecular weight excluding hydrogens is 252 g/mol. The largest absolute Gasteiger partial charge is 0.392 e. The van der Waals surface area contributed by atoms with Gasteiger partial charge in [-0.2, -0.15) is 0 Å². The molecular formula is C16H36N2O2. The van der Waals surface area contributed by atoms with Crippen LogP contribution in [0.2, 0.25) is 0 Å². The molecule has 0 aromatic carbocycles. The summed E-state index contributed by atoms with van der Waals surface area (Å²) in [4.78, 5) is 4.63.